The Bertz CT molecular complexity index is 604. The molecule has 0 saturated heterocycles. The molecule has 0 radical (unpaired) electrons. The number of aliphatic hydroxyl groups is 1. The first-order valence-corrected chi connectivity index (χ1v) is 10.7. The summed E-state index contributed by atoms with van der Waals surface area (Å²) < 4.78 is 27.2. The molecule has 0 aliphatic rings. The molecule has 0 spiro atoms. The van der Waals surface area contributed by atoms with Crippen LogP contribution < -0.4 is 10.6 Å². The van der Waals surface area contributed by atoms with Crippen LogP contribution >= 0.6 is 35.3 Å². The summed E-state index contributed by atoms with van der Waals surface area (Å²) in [4.78, 5) is 5.26. The number of sulfone groups is 1. The van der Waals surface area contributed by atoms with Crippen molar-refractivity contribution in [1.82, 2.24) is 10.6 Å². The molecular weight excluding hydrogens is 477 g/mol. The Labute approximate surface area is 171 Å². The van der Waals surface area contributed by atoms with Gasteiger partial charge >= 0.3 is 0 Å². The number of thiophene rings is 1. The molecule has 0 amide bonds. The molecule has 1 unspecified atom stereocenters. The quantitative estimate of drug-likeness (QED) is 0.191. The molecule has 25 heavy (non-hydrogen) atoms. The lowest BCUT2D eigenvalue weighted by molar-refractivity contribution is 0.0711. The Hall–Kier alpha value is -0.430. The van der Waals surface area contributed by atoms with E-state index in [1.807, 2.05) is 24.4 Å². The molecule has 1 aromatic rings. The van der Waals surface area contributed by atoms with Gasteiger partial charge in [-0.1, -0.05) is 6.07 Å². The molecule has 146 valence electrons. The Morgan fingerprint density at radius 1 is 1.40 bits per heavy atom. The molecule has 1 aromatic heterocycles. The smallest absolute Gasteiger partial charge is 0.191 e. The maximum Gasteiger partial charge on any atom is 0.191 e. The summed E-state index contributed by atoms with van der Waals surface area (Å²) >= 11 is 1.49. The number of nitrogens with one attached hydrogen (secondary N) is 2. The van der Waals surface area contributed by atoms with Crippen LogP contribution in [0, 0.1) is 0 Å². The lowest BCUT2D eigenvalue weighted by atomic mass is 10.1. The Balaban J connectivity index is 0.00000576. The van der Waals surface area contributed by atoms with Crippen LogP contribution in [-0.4, -0.2) is 64.3 Å². The van der Waals surface area contributed by atoms with Crippen LogP contribution in [0.25, 0.3) is 0 Å². The van der Waals surface area contributed by atoms with Crippen LogP contribution in [-0.2, 0) is 20.2 Å². The Kier molecular flexibility index (Phi) is 11.8. The summed E-state index contributed by atoms with van der Waals surface area (Å²) in [6.45, 7) is 5.68. The van der Waals surface area contributed by atoms with Gasteiger partial charge < -0.3 is 20.5 Å². The molecule has 3 N–H and O–H groups in total. The molecule has 0 aromatic carbocycles. The van der Waals surface area contributed by atoms with Crippen molar-refractivity contribution in [1.29, 1.82) is 0 Å². The zero-order valence-corrected chi connectivity index (χ0v) is 18.8. The van der Waals surface area contributed by atoms with Gasteiger partial charge in [0, 0.05) is 24.2 Å². The first kappa shape index (κ1) is 24.6. The van der Waals surface area contributed by atoms with E-state index in [9.17, 15) is 13.5 Å². The van der Waals surface area contributed by atoms with Crippen molar-refractivity contribution in [2.45, 2.75) is 19.4 Å². The van der Waals surface area contributed by atoms with E-state index >= 15 is 0 Å². The molecule has 1 rings (SSSR count). The van der Waals surface area contributed by atoms with Gasteiger partial charge in [0.05, 0.1) is 25.5 Å². The second-order valence-electron chi connectivity index (χ2n) is 5.62. The van der Waals surface area contributed by atoms with Gasteiger partial charge in [0.2, 0.25) is 0 Å². The van der Waals surface area contributed by atoms with Crippen molar-refractivity contribution >= 4 is 51.1 Å². The van der Waals surface area contributed by atoms with Gasteiger partial charge in [0.25, 0.3) is 0 Å². The third kappa shape index (κ3) is 11.0. The second-order valence-corrected chi connectivity index (χ2v) is 8.82. The monoisotopic (exact) mass is 505 g/mol. The number of halogens is 1. The van der Waals surface area contributed by atoms with Crippen molar-refractivity contribution in [2.75, 3.05) is 44.9 Å². The first-order valence-electron chi connectivity index (χ1n) is 7.78. The SMILES string of the molecule is CCNC(=NCC(C)(O)c1cccs1)NCCOCCS(C)(=O)=O.I. The first-order chi connectivity index (χ1) is 11.2. The van der Waals surface area contributed by atoms with Gasteiger partial charge in [-0.05, 0) is 25.3 Å². The van der Waals surface area contributed by atoms with Gasteiger partial charge in [-0.15, -0.1) is 35.3 Å². The molecule has 7 nitrogen and oxygen atoms in total. The standard InChI is InChI=1S/C15H27N3O4S2.HI/c1-4-16-14(17-7-8-22-9-11-24(3,20)21)18-12-15(2,19)13-6-5-10-23-13;/h5-6,10,19H,4,7-9,11-12H2,1-3H3,(H2,16,17,18);1H. The summed E-state index contributed by atoms with van der Waals surface area (Å²) in [5.74, 6) is 0.603. The third-order valence-electron chi connectivity index (χ3n) is 3.08. The van der Waals surface area contributed by atoms with Crippen molar-refractivity contribution in [3.05, 3.63) is 22.4 Å². The van der Waals surface area contributed by atoms with Crippen molar-refractivity contribution < 1.29 is 18.3 Å². The number of aliphatic imine (C=N–C) groups is 1. The summed E-state index contributed by atoms with van der Waals surface area (Å²) in [6, 6.07) is 3.78. The summed E-state index contributed by atoms with van der Waals surface area (Å²) in [6.07, 6.45) is 1.18. The van der Waals surface area contributed by atoms with Gasteiger partial charge in [-0.3, -0.25) is 0 Å². The number of hydrogen-bond acceptors (Lipinski definition) is 6. The largest absolute Gasteiger partial charge is 0.383 e. The minimum atomic E-state index is -2.99. The van der Waals surface area contributed by atoms with Crippen LogP contribution in [0.1, 0.15) is 18.7 Å². The zero-order chi connectivity index (χ0) is 18.1. The van der Waals surface area contributed by atoms with E-state index in [0.717, 1.165) is 4.88 Å². The molecule has 0 aliphatic carbocycles. The average molecular weight is 505 g/mol. The van der Waals surface area contributed by atoms with Crippen molar-refractivity contribution in [3.8, 4) is 0 Å². The summed E-state index contributed by atoms with van der Waals surface area (Å²) in [5, 5.41) is 18.6. The van der Waals surface area contributed by atoms with Crippen molar-refractivity contribution in [2.24, 2.45) is 4.99 Å². The van der Waals surface area contributed by atoms with Crippen LogP contribution in [0.4, 0.5) is 0 Å². The van der Waals surface area contributed by atoms with E-state index in [2.05, 4.69) is 15.6 Å². The van der Waals surface area contributed by atoms with E-state index in [-0.39, 0.29) is 42.9 Å². The van der Waals surface area contributed by atoms with Crippen LogP contribution in [0.3, 0.4) is 0 Å². The minimum Gasteiger partial charge on any atom is -0.383 e. The molecule has 0 bridgehead atoms. The number of ether oxygens (including phenoxy) is 1. The van der Waals surface area contributed by atoms with Gasteiger partial charge in [-0.25, -0.2) is 13.4 Å². The molecule has 0 aliphatic heterocycles. The summed E-state index contributed by atoms with van der Waals surface area (Å²) in [7, 11) is -2.99. The van der Waals surface area contributed by atoms with E-state index in [0.29, 0.717) is 25.7 Å². The fraction of sp³-hybridized carbons (Fsp3) is 0.667. The van der Waals surface area contributed by atoms with E-state index < -0.39 is 15.4 Å². The van der Waals surface area contributed by atoms with Gasteiger partial charge in [0.15, 0.2) is 5.96 Å². The minimum absolute atomic E-state index is 0. The molecule has 1 heterocycles. The van der Waals surface area contributed by atoms with Gasteiger partial charge in [-0.2, -0.15) is 0 Å². The van der Waals surface area contributed by atoms with E-state index in [1.54, 1.807) is 6.92 Å². The topological polar surface area (TPSA) is 100 Å². The molecular formula is C15H28IN3O4S2. The highest BCUT2D eigenvalue weighted by molar-refractivity contribution is 14.0. The van der Waals surface area contributed by atoms with E-state index in [1.165, 1.54) is 17.6 Å². The molecule has 10 heteroatoms. The lowest BCUT2D eigenvalue weighted by Gasteiger charge is -2.20. The van der Waals surface area contributed by atoms with Crippen LogP contribution in [0.15, 0.2) is 22.5 Å². The number of rotatable bonds is 10. The third-order valence-corrected chi connectivity index (χ3v) is 5.11. The maximum atomic E-state index is 11.0. The Morgan fingerprint density at radius 2 is 2.12 bits per heavy atom. The normalized spacial score (nSPS) is 14.5. The predicted octanol–water partition coefficient (Wildman–Crippen LogP) is 1.19. The van der Waals surface area contributed by atoms with Crippen LogP contribution in [0.2, 0.25) is 0 Å². The van der Waals surface area contributed by atoms with Crippen molar-refractivity contribution in [3.63, 3.8) is 0 Å². The number of guanidine groups is 1. The predicted molar refractivity (Wildman–Crippen MR) is 114 cm³/mol. The highest BCUT2D eigenvalue weighted by Crippen LogP contribution is 2.25. The highest BCUT2D eigenvalue weighted by Gasteiger charge is 2.23. The zero-order valence-electron chi connectivity index (χ0n) is 14.8. The Morgan fingerprint density at radius 3 is 2.68 bits per heavy atom. The fourth-order valence-corrected chi connectivity index (χ4v) is 2.99. The fourth-order valence-electron chi connectivity index (χ4n) is 1.79. The summed E-state index contributed by atoms with van der Waals surface area (Å²) in [5.41, 5.74) is -1.01. The average Bonchev–Trinajstić information content (AvgIpc) is 3.02. The van der Waals surface area contributed by atoms with Crippen LogP contribution in [0.5, 0.6) is 0 Å². The van der Waals surface area contributed by atoms with Gasteiger partial charge in [0.1, 0.15) is 15.4 Å². The molecule has 1 atom stereocenters. The number of hydrogen-bond donors (Lipinski definition) is 3. The van der Waals surface area contributed by atoms with E-state index in [4.69, 9.17) is 4.74 Å². The lowest BCUT2D eigenvalue weighted by Crippen LogP contribution is -2.40. The highest BCUT2D eigenvalue weighted by atomic mass is 127. The second kappa shape index (κ2) is 12.0. The number of nitrogens with zero attached hydrogens (tertiary/aromatic N) is 1. The molecule has 0 fully saturated rings. The molecule has 0 saturated carbocycles. The maximum absolute atomic E-state index is 11.0.